The minimum absolute atomic E-state index is 0.175. The normalized spacial score (nSPS) is 26.7. The smallest absolute Gasteiger partial charge is 0.133 e. The van der Waals surface area contributed by atoms with E-state index in [0.29, 0.717) is 5.92 Å². The van der Waals surface area contributed by atoms with E-state index in [1.807, 2.05) is 6.07 Å². The quantitative estimate of drug-likeness (QED) is 0.806. The van der Waals surface area contributed by atoms with Gasteiger partial charge in [0.2, 0.25) is 0 Å². The van der Waals surface area contributed by atoms with Gasteiger partial charge >= 0.3 is 0 Å². The summed E-state index contributed by atoms with van der Waals surface area (Å²) < 4.78 is 6.21. The highest BCUT2D eigenvalue weighted by Crippen LogP contribution is 2.42. The molecule has 0 amide bonds. The third kappa shape index (κ3) is 3.30. The Hall–Kier alpha value is -1.01. The van der Waals surface area contributed by atoms with Crippen molar-refractivity contribution in [3.8, 4) is 11.8 Å². The summed E-state index contributed by atoms with van der Waals surface area (Å²) in [5.74, 6) is 1.50. The van der Waals surface area contributed by atoms with Crippen molar-refractivity contribution >= 4 is 15.9 Å². The van der Waals surface area contributed by atoms with Crippen LogP contribution in [0, 0.1) is 22.7 Å². The molecule has 1 aliphatic carbocycles. The Morgan fingerprint density at radius 2 is 2.32 bits per heavy atom. The number of halogens is 1. The van der Waals surface area contributed by atoms with Gasteiger partial charge in [-0.1, -0.05) is 25.8 Å². The second kappa shape index (κ2) is 5.96. The average Bonchev–Trinajstić information content (AvgIpc) is 2.39. The molecule has 3 heteroatoms. The minimum atomic E-state index is -0.175. The van der Waals surface area contributed by atoms with Crippen molar-refractivity contribution in [3.05, 3.63) is 28.2 Å². The molecule has 2 nitrogen and oxygen atoms in total. The molecule has 0 bridgehead atoms. The summed E-state index contributed by atoms with van der Waals surface area (Å²) in [6, 6.07) is 8.72. The number of nitrogens with zero attached hydrogens (tertiary/aromatic N) is 1. The molecule has 0 aliphatic heterocycles. The van der Waals surface area contributed by atoms with Crippen LogP contribution in [0.4, 0.5) is 0 Å². The van der Waals surface area contributed by atoms with Gasteiger partial charge in [0, 0.05) is 0 Å². The van der Waals surface area contributed by atoms with E-state index in [1.54, 1.807) is 7.11 Å². The van der Waals surface area contributed by atoms with Crippen LogP contribution in [-0.4, -0.2) is 7.11 Å². The molecule has 1 aromatic carbocycles. The van der Waals surface area contributed by atoms with Gasteiger partial charge in [0.15, 0.2) is 0 Å². The summed E-state index contributed by atoms with van der Waals surface area (Å²) in [5.41, 5.74) is 1.04. The van der Waals surface area contributed by atoms with Gasteiger partial charge in [-0.3, -0.25) is 0 Å². The molecule has 0 saturated heterocycles. The summed E-state index contributed by atoms with van der Waals surface area (Å²) in [4.78, 5) is 0. The van der Waals surface area contributed by atoms with Crippen molar-refractivity contribution < 1.29 is 4.74 Å². The topological polar surface area (TPSA) is 33.0 Å². The van der Waals surface area contributed by atoms with Crippen LogP contribution in [0.5, 0.6) is 5.75 Å². The van der Waals surface area contributed by atoms with Gasteiger partial charge < -0.3 is 4.74 Å². The van der Waals surface area contributed by atoms with Crippen molar-refractivity contribution in [2.75, 3.05) is 7.11 Å². The van der Waals surface area contributed by atoms with Crippen LogP contribution in [-0.2, 0) is 6.42 Å². The van der Waals surface area contributed by atoms with Crippen molar-refractivity contribution in [3.63, 3.8) is 0 Å². The van der Waals surface area contributed by atoms with E-state index in [4.69, 9.17) is 4.74 Å². The molecule has 2 atom stereocenters. The molecule has 0 heterocycles. The highest BCUT2D eigenvalue weighted by molar-refractivity contribution is 9.10. The van der Waals surface area contributed by atoms with E-state index in [-0.39, 0.29) is 5.41 Å². The Morgan fingerprint density at radius 3 is 2.89 bits per heavy atom. The Morgan fingerprint density at radius 1 is 1.53 bits per heavy atom. The molecule has 0 radical (unpaired) electrons. The van der Waals surface area contributed by atoms with Gasteiger partial charge in [0.25, 0.3) is 0 Å². The maximum atomic E-state index is 9.60. The van der Waals surface area contributed by atoms with Crippen molar-refractivity contribution in [1.82, 2.24) is 0 Å². The van der Waals surface area contributed by atoms with Gasteiger partial charge in [0.05, 0.1) is 23.1 Å². The molecule has 2 rings (SSSR count). The Bertz CT molecular complexity index is 494. The lowest BCUT2D eigenvalue weighted by molar-refractivity contribution is 0.209. The SMILES string of the molecule is COc1ccc(CC2(C#N)CCCC(C)C2)cc1Br. The largest absolute Gasteiger partial charge is 0.496 e. The molecule has 1 fully saturated rings. The van der Waals surface area contributed by atoms with Crippen LogP contribution < -0.4 is 4.74 Å². The maximum Gasteiger partial charge on any atom is 0.133 e. The van der Waals surface area contributed by atoms with Gasteiger partial charge in [-0.25, -0.2) is 0 Å². The van der Waals surface area contributed by atoms with E-state index in [9.17, 15) is 5.26 Å². The van der Waals surface area contributed by atoms with Crippen LogP contribution in [0.3, 0.4) is 0 Å². The van der Waals surface area contributed by atoms with Crippen molar-refractivity contribution in [1.29, 1.82) is 5.26 Å². The summed E-state index contributed by atoms with van der Waals surface area (Å²) in [6.07, 6.45) is 5.32. The summed E-state index contributed by atoms with van der Waals surface area (Å²) in [5, 5.41) is 9.60. The first-order valence-electron chi connectivity index (χ1n) is 6.82. The molecule has 102 valence electrons. The van der Waals surface area contributed by atoms with E-state index < -0.39 is 0 Å². The first-order chi connectivity index (χ1) is 9.08. The first kappa shape index (κ1) is 14.4. The molecule has 1 aromatic rings. The number of rotatable bonds is 3. The highest BCUT2D eigenvalue weighted by atomic mass is 79.9. The first-order valence-corrected chi connectivity index (χ1v) is 7.61. The number of benzene rings is 1. The summed E-state index contributed by atoms with van der Waals surface area (Å²) in [7, 11) is 1.67. The van der Waals surface area contributed by atoms with Gasteiger partial charge in [-0.05, 0) is 58.8 Å². The predicted molar refractivity (Wildman–Crippen MR) is 80.1 cm³/mol. The predicted octanol–water partition coefficient (Wildman–Crippen LogP) is 4.72. The molecule has 1 aliphatic rings. The lowest BCUT2D eigenvalue weighted by atomic mass is 9.68. The van der Waals surface area contributed by atoms with Crippen LogP contribution in [0.25, 0.3) is 0 Å². The van der Waals surface area contributed by atoms with Crippen LogP contribution >= 0.6 is 15.9 Å². The number of ether oxygens (including phenoxy) is 1. The van der Waals surface area contributed by atoms with Gasteiger partial charge in [0.1, 0.15) is 5.75 Å². The fraction of sp³-hybridized carbons (Fsp3) is 0.562. The monoisotopic (exact) mass is 321 g/mol. The fourth-order valence-corrected chi connectivity index (χ4v) is 3.76. The molecule has 0 N–H and O–H groups in total. The standard InChI is InChI=1S/C16H20BrNO/c1-12-4-3-7-16(9-12,11-18)10-13-5-6-15(19-2)14(17)8-13/h5-6,8,12H,3-4,7,9-10H2,1-2H3. The molecule has 0 spiro atoms. The highest BCUT2D eigenvalue weighted by Gasteiger charge is 2.35. The number of hydrogen-bond donors (Lipinski definition) is 0. The Labute approximate surface area is 123 Å². The lowest BCUT2D eigenvalue weighted by Gasteiger charge is -2.34. The van der Waals surface area contributed by atoms with Crippen LogP contribution in [0.1, 0.15) is 38.2 Å². The number of nitriles is 1. The Balaban J connectivity index is 2.19. The minimum Gasteiger partial charge on any atom is -0.496 e. The zero-order valence-electron chi connectivity index (χ0n) is 11.6. The maximum absolute atomic E-state index is 9.60. The molecule has 1 saturated carbocycles. The molecule has 19 heavy (non-hydrogen) atoms. The van der Waals surface area contributed by atoms with E-state index >= 15 is 0 Å². The molecular weight excluding hydrogens is 302 g/mol. The summed E-state index contributed by atoms with van der Waals surface area (Å²) >= 11 is 3.52. The Kier molecular flexibility index (Phi) is 4.52. The zero-order valence-corrected chi connectivity index (χ0v) is 13.2. The third-order valence-electron chi connectivity index (χ3n) is 4.09. The third-order valence-corrected chi connectivity index (χ3v) is 4.71. The number of methoxy groups -OCH3 is 1. The van der Waals surface area contributed by atoms with Crippen LogP contribution in [0.2, 0.25) is 0 Å². The van der Waals surface area contributed by atoms with E-state index in [2.05, 4.69) is 41.1 Å². The van der Waals surface area contributed by atoms with E-state index in [1.165, 1.54) is 18.4 Å². The zero-order chi connectivity index (χ0) is 13.9. The molecule has 2 unspecified atom stereocenters. The van der Waals surface area contributed by atoms with E-state index in [0.717, 1.165) is 29.5 Å². The molecular formula is C16H20BrNO. The number of hydrogen-bond acceptors (Lipinski definition) is 2. The second-order valence-corrected chi connectivity index (χ2v) is 6.59. The van der Waals surface area contributed by atoms with Crippen molar-refractivity contribution in [2.45, 2.75) is 39.0 Å². The summed E-state index contributed by atoms with van der Waals surface area (Å²) in [6.45, 7) is 2.26. The van der Waals surface area contributed by atoms with Gasteiger partial charge in [-0.15, -0.1) is 0 Å². The van der Waals surface area contributed by atoms with Crippen LogP contribution in [0.15, 0.2) is 22.7 Å². The molecule has 0 aromatic heterocycles. The fourth-order valence-electron chi connectivity index (χ4n) is 3.17. The van der Waals surface area contributed by atoms with Gasteiger partial charge in [-0.2, -0.15) is 5.26 Å². The van der Waals surface area contributed by atoms with Crippen molar-refractivity contribution in [2.24, 2.45) is 11.3 Å². The average molecular weight is 322 g/mol. The second-order valence-electron chi connectivity index (χ2n) is 5.74. The lowest BCUT2D eigenvalue weighted by Crippen LogP contribution is -2.28.